The van der Waals surface area contributed by atoms with Crippen LogP contribution < -0.4 is 0 Å². The molecule has 4 aliphatic carbocycles. The highest BCUT2D eigenvalue weighted by Crippen LogP contribution is 2.55. The predicted octanol–water partition coefficient (Wildman–Crippen LogP) is 15.3. The van der Waals surface area contributed by atoms with Crippen LogP contribution in [0.1, 0.15) is 236 Å². The Bertz CT molecular complexity index is 2510. The molecular weight excluding hydrogens is 936 g/mol. The van der Waals surface area contributed by atoms with Gasteiger partial charge in [0, 0.05) is 83.4 Å². The lowest BCUT2D eigenvalue weighted by molar-refractivity contribution is -0.141. The fourth-order valence-corrected chi connectivity index (χ4v) is 12.0. The average Bonchev–Trinajstić information content (AvgIpc) is 4.20. The molecular formula is C59H78Cl2N2O8. The second-order valence-corrected chi connectivity index (χ2v) is 25.1. The summed E-state index contributed by atoms with van der Waals surface area (Å²) in [7, 11) is 1.40. The quantitative estimate of drug-likeness (QED) is 0.0754. The third kappa shape index (κ3) is 15.4. The Morgan fingerprint density at radius 3 is 1.38 bits per heavy atom. The van der Waals surface area contributed by atoms with Crippen LogP contribution in [0.15, 0.2) is 45.4 Å². The van der Waals surface area contributed by atoms with Crippen molar-refractivity contribution < 1.29 is 38.1 Å². The third-order valence-corrected chi connectivity index (χ3v) is 15.8. The van der Waals surface area contributed by atoms with Crippen LogP contribution in [0.3, 0.4) is 0 Å². The molecule has 0 radical (unpaired) electrons. The minimum absolute atomic E-state index is 0.0152. The van der Waals surface area contributed by atoms with Gasteiger partial charge in [-0.1, -0.05) is 87.2 Å². The van der Waals surface area contributed by atoms with Crippen molar-refractivity contribution in [3.05, 3.63) is 103 Å². The molecule has 8 rings (SSSR count). The molecule has 12 heteroatoms. The Morgan fingerprint density at radius 1 is 0.648 bits per heavy atom. The second kappa shape index (κ2) is 23.3. The van der Waals surface area contributed by atoms with E-state index in [1.165, 1.54) is 31.1 Å². The number of rotatable bonds is 22. The molecule has 2 unspecified atom stereocenters. The number of aromatic nitrogens is 2. The lowest BCUT2D eigenvalue weighted by atomic mass is 9.66. The monoisotopic (exact) mass is 1010 g/mol. The molecule has 0 saturated heterocycles. The minimum atomic E-state index is -0.850. The van der Waals surface area contributed by atoms with Gasteiger partial charge in [0.2, 0.25) is 0 Å². The maximum absolute atomic E-state index is 13.2. The van der Waals surface area contributed by atoms with Crippen LogP contribution in [0, 0.1) is 36.5 Å². The number of aliphatic carboxylic acids is 1. The molecule has 2 aromatic heterocycles. The number of carboxylic acid groups (broad SMARTS) is 1. The number of methoxy groups -OCH3 is 1. The number of esters is 1. The molecule has 71 heavy (non-hydrogen) atoms. The molecule has 4 fully saturated rings. The van der Waals surface area contributed by atoms with Gasteiger partial charge in [-0.25, -0.2) is 0 Å². The van der Waals surface area contributed by atoms with E-state index in [0.29, 0.717) is 82.6 Å². The van der Waals surface area contributed by atoms with E-state index in [9.17, 15) is 24.3 Å². The first-order chi connectivity index (χ1) is 33.5. The number of carboxylic acids is 1. The second-order valence-electron chi connectivity index (χ2n) is 24.3. The molecule has 0 amide bonds. The van der Waals surface area contributed by atoms with Crippen LogP contribution in [0.5, 0.6) is 0 Å². The average molecular weight is 1010 g/mol. The number of ether oxygens (including phenoxy) is 1. The van der Waals surface area contributed by atoms with E-state index >= 15 is 0 Å². The first-order valence-electron chi connectivity index (χ1n) is 26.3. The summed E-state index contributed by atoms with van der Waals surface area (Å²) >= 11 is 12.2. The van der Waals surface area contributed by atoms with Crippen LogP contribution in [0.4, 0.5) is 0 Å². The van der Waals surface area contributed by atoms with Crippen molar-refractivity contribution in [3.63, 3.8) is 0 Å². The van der Waals surface area contributed by atoms with Crippen LogP contribution in [0.2, 0.25) is 10.0 Å². The van der Waals surface area contributed by atoms with Crippen molar-refractivity contribution in [2.75, 3.05) is 7.11 Å². The summed E-state index contributed by atoms with van der Waals surface area (Å²) in [6.07, 6.45) is 14.0. The predicted molar refractivity (Wildman–Crippen MR) is 279 cm³/mol. The maximum atomic E-state index is 13.2. The molecule has 0 spiro atoms. The smallest absolute Gasteiger partial charge is 0.305 e. The van der Waals surface area contributed by atoms with Gasteiger partial charge < -0.3 is 18.9 Å². The van der Waals surface area contributed by atoms with Gasteiger partial charge in [-0.05, 0) is 172 Å². The lowest BCUT2D eigenvalue weighted by Crippen LogP contribution is -2.26. The Balaban J connectivity index is 0.000000209. The summed E-state index contributed by atoms with van der Waals surface area (Å²) in [5.41, 5.74) is 8.77. The summed E-state index contributed by atoms with van der Waals surface area (Å²) < 4.78 is 16.9. The van der Waals surface area contributed by atoms with Gasteiger partial charge in [-0.3, -0.25) is 19.2 Å². The SMILES string of the molecule is COC(=O)CCC(CC(=O)Cc1ccc(Cl)cc1C)c1noc(C2CC(CC(C)(C)C)C2)c1C1CC1.Cc1cc(Cl)ccc1CC(=O)CC(CCC(=O)O)c1noc(C2CC(CC(C)(C)C)C2)c1C1CC1. The van der Waals surface area contributed by atoms with E-state index in [1.54, 1.807) is 6.07 Å². The first-order valence-corrected chi connectivity index (χ1v) is 27.1. The third-order valence-electron chi connectivity index (χ3n) is 15.3. The zero-order chi connectivity index (χ0) is 51.4. The highest BCUT2D eigenvalue weighted by molar-refractivity contribution is 6.31. The van der Waals surface area contributed by atoms with E-state index in [4.69, 9.17) is 37.0 Å². The van der Waals surface area contributed by atoms with Gasteiger partial charge in [0.1, 0.15) is 23.1 Å². The largest absolute Gasteiger partial charge is 0.481 e. The summed E-state index contributed by atoms with van der Waals surface area (Å²) in [5.74, 6) is 3.95. The van der Waals surface area contributed by atoms with Crippen molar-refractivity contribution in [2.45, 2.75) is 206 Å². The topological polar surface area (TPSA) is 150 Å². The minimum Gasteiger partial charge on any atom is -0.481 e. The number of hydrogen-bond acceptors (Lipinski definition) is 9. The van der Waals surface area contributed by atoms with Crippen LogP contribution in [-0.4, -0.2) is 46.0 Å². The summed E-state index contributed by atoms with van der Waals surface area (Å²) in [6, 6.07) is 11.2. The van der Waals surface area contributed by atoms with Gasteiger partial charge >= 0.3 is 11.9 Å². The Hall–Kier alpha value is -4.28. The van der Waals surface area contributed by atoms with E-state index in [0.717, 1.165) is 102 Å². The molecule has 386 valence electrons. The number of aryl methyl sites for hydroxylation is 2. The number of halogens is 2. The fraction of sp³-hybridized carbons (Fsp3) is 0.627. The molecule has 4 saturated carbocycles. The Morgan fingerprint density at radius 2 is 1.04 bits per heavy atom. The van der Waals surface area contributed by atoms with Crippen molar-refractivity contribution >= 4 is 46.7 Å². The molecule has 2 atom stereocenters. The zero-order valence-corrected chi connectivity index (χ0v) is 45.3. The van der Waals surface area contributed by atoms with Crippen molar-refractivity contribution in [1.82, 2.24) is 10.3 Å². The van der Waals surface area contributed by atoms with Crippen LogP contribution in [-0.2, 0) is 36.8 Å². The summed E-state index contributed by atoms with van der Waals surface area (Å²) in [6.45, 7) is 17.7. The number of benzene rings is 2. The number of nitrogens with zero attached hydrogens (tertiary/aromatic N) is 2. The highest BCUT2D eigenvalue weighted by atomic mass is 35.5. The number of hydrogen-bond donors (Lipinski definition) is 1. The number of carbonyl (C=O) groups excluding carboxylic acids is 3. The molecule has 4 aliphatic rings. The van der Waals surface area contributed by atoms with E-state index in [1.807, 2.05) is 44.2 Å². The van der Waals surface area contributed by atoms with Crippen molar-refractivity contribution in [1.29, 1.82) is 0 Å². The van der Waals surface area contributed by atoms with E-state index in [-0.39, 0.29) is 48.6 Å². The van der Waals surface area contributed by atoms with E-state index < -0.39 is 5.97 Å². The molecule has 2 heterocycles. The summed E-state index contributed by atoms with van der Waals surface area (Å²) in [5, 5.41) is 19.8. The van der Waals surface area contributed by atoms with Gasteiger partial charge in [-0.15, -0.1) is 0 Å². The normalized spacial score (nSPS) is 20.8. The molecule has 2 aromatic carbocycles. The van der Waals surface area contributed by atoms with Crippen molar-refractivity contribution in [2.24, 2.45) is 22.7 Å². The summed E-state index contributed by atoms with van der Waals surface area (Å²) in [4.78, 5) is 49.7. The fourth-order valence-electron chi connectivity index (χ4n) is 11.6. The maximum Gasteiger partial charge on any atom is 0.305 e. The number of Topliss-reactive ketones (excluding diaryl/α,β-unsaturated/α-hetero) is 2. The molecule has 10 nitrogen and oxygen atoms in total. The standard InChI is InChI=1S/C30H40ClNO4.C29H38ClNO4/c1-18-12-24(31)10-8-21(18)15-25(33)16-22(9-11-26(34)35-5)28-27(20-6-7-20)29(36-32-28)23-13-19(14-23)17-30(2,3)4;1-17-11-23(30)9-7-20(17)14-24(32)15-21(8-10-25(33)34)27-26(19-5-6-19)28(35-31-27)22-12-18(13-22)16-29(2,3)4/h8,10,12,19-20,22-23H,6-7,9,11,13-17H2,1-5H3;7,9,11,18-19,21-22H,5-6,8,10,12-16H2,1-4H3,(H,33,34). The van der Waals surface area contributed by atoms with Gasteiger partial charge in [0.05, 0.1) is 18.5 Å². The van der Waals surface area contributed by atoms with Crippen LogP contribution in [0.25, 0.3) is 0 Å². The zero-order valence-electron chi connectivity index (χ0n) is 43.8. The molecule has 0 bridgehead atoms. The lowest BCUT2D eigenvalue weighted by Gasteiger charge is -2.38. The molecule has 1 N–H and O–H groups in total. The highest BCUT2D eigenvalue weighted by Gasteiger charge is 2.44. The molecule has 4 aromatic rings. The Kier molecular flexibility index (Phi) is 17.9. The van der Waals surface area contributed by atoms with Gasteiger partial charge in [-0.2, -0.15) is 0 Å². The van der Waals surface area contributed by atoms with Gasteiger partial charge in [0.25, 0.3) is 0 Å². The van der Waals surface area contributed by atoms with Crippen LogP contribution >= 0.6 is 23.2 Å². The van der Waals surface area contributed by atoms with Gasteiger partial charge in [0.15, 0.2) is 0 Å². The van der Waals surface area contributed by atoms with Crippen molar-refractivity contribution in [3.8, 4) is 0 Å². The first kappa shape index (κ1) is 54.5. The number of carbonyl (C=O) groups is 4. The number of ketones is 2. The van der Waals surface area contributed by atoms with E-state index in [2.05, 4.69) is 51.9 Å². The molecule has 0 aliphatic heterocycles. The Labute approximate surface area is 432 Å².